The molecular formula is C11H18N2O2. The highest BCUT2D eigenvalue weighted by Crippen LogP contribution is 2.19. The zero-order valence-corrected chi connectivity index (χ0v) is 8.98. The lowest BCUT2D eigenvalue weighted by molar-refractivity contribution is 0.299. The Morgan fingerprint density at radius 3 is 2.53 bits per heavy atom. The van der Waals surface area contributed by atoms with Gasteiger partial charge in [-0.15, -0.1) is 0 Å². The number of hydrogen-bond donors (Lipinski definition) is 3. The molecule has 1 aromatic carbocycles. The maximum absolute atomic E-state index is 8.81. The van der Waals surface area contributed by atoms with E-state index in [1.807, 2.05) is 25.1 Å². The van der Waals surface area contributed by atoms with Gasteiger partial charge in [0.1, 0.15) is 0 Å². The molecule has 4 heteroatoms. The summed E-state index contributed by atoms with van der Waals surface area (Å²) in [7, 11) is 0. The van der Waals surface area contributed by atoms with Crippen LogP contribution in [0, 0.1) is 6.92 Å². The molecule has 0 radical (unpaired) electrons. The molecule has 0 saturated heterocycles. The van der Waals surface area contributed by atoms with Crippen LogP contribution in [0.5, 0.6) is 0 Å². The van der Waals surface area contributed by atoms with Crippen LogP contribution in [0.4, 0.5) is 5.69 Å². The molecule has 0 atom stereocenters. The highest BCUT2D eigenvalue weighted by atomic mass is 16.3. The van der Waals surface area contributed by atoms with Crippen LogP contribution in [-0.2, 0) is 6.42 Å². The summed E-state index contributed by atoms with van der Waals surface area (Å²) in [5, 5.41) is 19.1. The number of nitrogens with zero attached hydrogens (tertiary/aromatic N) is 1. The third kappa shape index (κ3) is 3.20. The van der Waals surface area contributed by atoms with Gasteiger partial charge in [-0.25, -0.2) is 5.84 Å². The Morgan fingerprint density at radius 2 is 2.00 bits per heavy atom. The smallest absolute Gasteiger partial charge is 0.0622 e. The predicted molar refractivity (Wildman–Crippen MR) is 60.6 cm³/mol. The molecule has 4 N–H and O–H groups in total. The lowest BCUT2D eigenvalue weighted by Gasteiger charge is -2.20. The lowest BCUT2D eigenvalue weighted by atomic mass is 10.1. The fraction of sp³-hybridized carbons (Fsp3) is 0.455. The summed E-state index contributed by atoms with van der Waals surface area (Å²) >= 11 is 0. The molecule has 1 aromatic rings. The number of benzene rings is 1. The quantitative estimate of drug-likeness (QED) is 0.480. The SMILES string of the molecule is Cc1cc(CCO)ccc1N(N)CCO. The van der Waals surface area contributed by atoms with Gasteiger partial charge in [-0.3, -0.25) is 0 Å². The summed E-state index contributed by atoms with van der Waals surface area (Å²) < 4.78 is 0. The van der Waals surface area contributed by atoms with Gasteiger partial charge < -0.3 is 15.2 Å². The first-order valence-electron chi connectivity index (χ1n) is 5.02. The predicted octanol–water partition coefficient (Wildman–Crippen LogP) is 0.202. The second-order valence-corrected chi connectivity index (χ2v) is 3.51. The average molecular weight is 210 g/mol. The second-order valence-electron chi connectivity index (χ2n) is 3.51. The number of nitrogens with two attached hydrogens (primary N) is 1. The molecule has 15 heavy (non-hydrogen) atoms. The van der Waals surface area contributed by atoms with Gasteiger partial charge in [0.25, 0.3) is 0 Å². The molecule has 0 unspecified atom stereocenters. The van der Waals surface area contributed by atoms with Crippen molar-refractivity contribution in [1.82, 2.24) is 0 Å². The second kappa shape index (κ2) is 5.70. The number of anilines is 1. The van der Waals surface area contributed by atoms with Crippen molar-refractivity contribution in [2.24, 2.45) is 5.84 Å². The molecule has 0 spiro atoms. The first-order valence-corrected chi connectivity index (χ1v) is 5.02. The monoisotopic (exact) mass is 210 g/mol. The van der Waals surface area contributed by atoms with E-state index in [1.54, 1.807) is 0 Å². The van der Waals surface area contributed by atoms with Crippen molar-refractivity contribution < 1.29 is 10.2 Å². The van der Waals surface area contributed by atoms with Gasteiger partial charge in [-0.1, -0.05) is 12.1 Å². The standard InChI is InChI=1S/C11H18N2O2/c1-9-8-10(4-6-14)2-3-11(9)13(12)5-7-15/h2-3,8,14-15H,4-7,12H2,1H3. The van der Waals surface area contributed by atoms with E-state index in [1.165, 1.54) is 5.01 Å². The third-order valence-electron chi connectivity index (χ3n) is 2.31. The van der Waals surface area contributed by atoms with Crippen LogP contribution in [-0.4, -0.2) is 30.0 Å². The van der Waals surface area contributed by atoms with Gasteiger partial charge in [-0.2, -0.15) is 0 Å². The van der Waals surface area contributed by atoms with Crippen LogP contribution in [0.3, 0.4) is 0 Å². The molecule has 0 fully saturated rings. The summed E-state index contributed by atoms with van der Waals surface area (Å²) in [6, 6.07) is 5.86. The van der Waals surface area contributed by atoms with Gasteiger partial charge in [0.15, 0.2) is 0 Å². The van der Waals surface area contributed by atoms with E-state index < -0.39 is 0 Å². The maximum atomic E-state index is 8.81. The van der Waals surface area contributed by atoms with E-state index >= 15 is 0 Å². The van der Waals surface area contributed by atoms with E-state index in [4.69, 9.17) is 16.1 Å². The Kier molecular flexibility index (Phi) is 4.55. The molecule has 0 saturated carbocycles. The maximum Gasteiger partial charge on any atom is 0.0622 e. The van der Waals surface area contributed by atoms with Crippen molar-refractivity contribution in [3.05, 3.63) is 29.3 Å². The molecule has 0 amide bonds. The molecule has 0 aliphatic heterocycles. The van der Waals surface area contributed by atoms with Crippen molar-refractivity contribution in [2.75, 3.05) is 24.8 Å². The molecule has 0 aliphatic rings. The molecule has 1 rings (SSSR count). The summed E-state index contributed by atoms with van der Waals surface area (Å²) in [6.45, 7) is 2.57. The van der Waals surface area contributed by atoms with Gasteiger partial charge in [0, 0.05) is 6.61 Å². The van der Waals surface area contributed by atoms with Crippen LogP contribution < -0.4 is 10.9 Å². The Morgan fingerprint density at radius 1 is 1.27 bits per heavy atom. The number of rotatable bonds is 5. The minimum atomic E-state index is 0.0360. The van der Waals surface area contributed by atoms with E-state index in [2.05, 4.69) is 0 Å². The van der Waals surface area contributed by atoms with Gasteiger partial charge in [-0.05, 0) is 30.5 Å². The van der Waals surface area contributed by atoms with Crippen molar-refractivity contribution in [2.45, 2.75) is 13.3 Å². The van der Waals surface area contributed by atoms with Crippen LogP contribution in [0.15, 0.2) is 18.2 Å². The molecule has 0 heterocycles. The Hall–Kier alpha value is -1.10. The fourth-order valence-electron chi connectivity index (χ4n) is 1.55. The first kappa shape index (κ1) is 12.0. The molecule has 0 bridgehead atoms. The Labute approximate surface area is 89.9 Å². The Bertz CT molecular complexity index is 315. The lowest BCUT2D eigenvalue weighted by Crippen LogP contribution is -2.34. The van der Waals surface area contributed by atoms with Crippen molar-refractivity contribution in [3.63, 3.8) is 0 Å². The minimum Gasteiger partial charge on any atom is -0.396 e. The highest BCUT2D eigenvalue weighted by Gasteiger charge is 2.05. The number of aryl methyl sites for hydroxylation is 1. The molecule has 0 aliphatic carbocycles. The van der Waals surface area contributed by atoms with E-state index in [9.17, 15) is 0 Å². The first-order chi connectivity index (χ1) is 7.19. The Balaban J connectivity index is 2.82. The fourth-order valence-corrected chi connectivity index (χ4v) is 1.55. The summed E-state index contributed by atoms with van der Waals surface area (Å²) in [5.41, 5.74) is 3.05. The zero-order valence-electron chi connectivity index (χ0n) is 8.98. The van der Waals surface area contributed by atoms with Gasteiger partial charge in [0.2, 0.25) is 0 Å². The number of aliphatic hydroxyl groups is 2. The average Bonchev–Trinajstić information content (AvgIpc) is 2.18. The van der Waals surface area contributed by atoms with Crippen LogP contribution in [0.2, 0.25) is 0 Å². The van der Waals surface area contributed by atoms with Gasteiger partial charge >= 0.3 is 0 Å². The summed E-state index contributed by atoms with van der Waals surface area (Å²) in [5.74, 6) is 5.75. The minimum absolute atomic E-state index is 0.0360. The topological polar surface area (TPSA) is 69.7 Å². The zero-order chi connectivity index (χ0) is 11.3. The van der Waals surface area contributed by atoms with E-state index in [0.717, 1.165) is 16.8 Å². The summed E-state index contributed by atoms with van der Waals surface area (Å²) in [4.78, 5) is 0. The van der Waals surface area contributed by atoms with Crippen molar-refractivity contribution in [1.29, 1.82) is 0 Å². The number of aliphatic hydroxyl groups excluding tert-OH is 2. The number of hydrazine groups is 1. The molecular weight excluding hydrogens is 192 g/mol. The van der Waals surface area contributed by atoms with Crippen LogP contribution in [0.1, 0.15) is 11.1 Å². The van der Waals surface area contributed by atoms with Crippen molar-refractivity contribution >= 4 is 5.69 Å². The van der Waals surface area contributed by atoms with Crippen LogP contribution >= 0.6 is 0 Å². The number of hydrogen-bond acceptors (Lipinski definition) is 4. The van der Waals surface area contributed by atoms with Crippen molar-refractivity contribution in [3.8, 4) is 0 Å². The molecule has 0 aromatic heterocycles. The van der Waals surface area contributed by atoms with Crippen LogP contribution in [0.25, 0.3) is 0 Å². The molecule has 84 valence electrons. The normalized spacial score (nSPS) is 10.4. The third-order valence-corrected chi connectivity index (χ3v) is 2.31. The van der Waals surface area contributed by atoms with E-state index in [0.29, 0.717) is 13.0 Å². The van der Waals surface area contributed by atoms with Gasteiger partial charge in [0.05, 0.1) is 18.8 Å². The summed E-state index contributed by atoms with van der Waals surface area (Å²) in [6.07, 6.45) is 0.658. The largest absolute Gasteiger partial charge is 0.396 e. The highest BCUT2D eigenvalue weighted by molar-refractivity contribution is 5.53. The molecule has 4 nitrogen and oxygen atoms in total. The van der Waals surface area contributed by atoms with E-state index in [-0.39, 0.29) is 13.2 Å².